The first-order valence-corrected chi connectivity index (χ1v) is 16.6. The number of hydrogen-bond acceptors (Lipinski definition) is 21. The lowest BCUT2D eigenvalue weighted by molar-refractivity contribution is -0.384. The predicted octanol–water partition coefficient (Wildman–Crippen LogP) is -0.481. The minimum Gasteiger partial charge on any atom is -0.463 e. The lowest BCUT2D eigenvalue weighted by Crippen LogP contribution is -2.65. The molecule has 0 spiro atoms. The van der Waals surface area contributed by atoms with Gasteiger partial charge in [0.2, 0.25) is 12.1 Å². The van der Waals surface area contributed by atoms with Gasteiger partial charge in [-0.15, -0.1) is 5.10 Å². The summed E-state index contributed by atoms with van der Waals surface area (Å²) in [7, 11) is 0. The summed E-state index contributed by atoms with van der Waals surface area (Å²) in [5, 5.41) is 7.93. The van der Waals surface area contributed by atoms with Crippen LogP contribution in [-0.2, 0) is 104 Å². The third-order valence-electron chi connectivity index (χ3n) is 7.44. The Morgan fingerprint density at radius 1 is 0.691 bits per heavy atom. The summed E-state index contributed by atoms with van der Waals surface area (Å²) in [6.07, 6.45) is -11.8. The molecule has 22 nitrogen and oxygen atoms in total. The molecule has 1 aromatic heterocycles. The highest BCUT2D eigenvalue weighted by Crippen LogP contribution is 2.41. The van der Waals surface area contributed by atoms with Crippen LogP contribution in [0, 0.1) is 0 Å². The number of carbonyl (C=O) groups excluding carboxylic acids is 8. The topological polar surface area (TPSA) is 269 Å². The quantitative estimate of drug-likeness (QED) is 0.116. The van der Waals surface area contributed by atoms with Gasteiger partial charge in [-0.25, -0.2) is 9.48 Å². The fourth-order valence-corrected chi connectivity index (χ4v) is 5.51. The molecule has 2 aliphatic heterocycles. The van der Waals surface area contributed by atoms with E-state index in [-0.39, 0.29) is 24.4 Å². The largest absolute Gasteiger partial charge is 0.463 e. The SMILES string of the molecule is C=C(C)C(=O)OCc1cn(C[C@H]2O[C@@](COC(C)=O)(O[C@H]3O[C@H](COC(C)=O)[C@@H](OC(C)=O)[C@H](OC(C)=O)[C@H]3OC(C)=O)[C@@H](OC(C)=O)[C@@H]2OC(C)=O)nn1. The van der Waals surface area contributed by atoms with Gasteiger partial charge in [-0.3, -0.25) is 33.6 Å². The van der Waals surface area contributed by atoms with Gasteiger partial charge in [0.05, 0.1) is 12.7 Å². The van der Waals surface area contributed by atoms with Crippen LogP contribution in [-0.4, -0.2) is 131 Å². The Balaban J connectivity index is 2.17. The fourth-order valence-electron chi connectivity index (χ4n) is 5.51. The van der Waals surface area contributed by atoms with Gasteiger partial charge in [-0.2, -0.15) is 0 Å². The van der Waals surface area contributed by atoms with E-state index in [4.69, 9.17) is 52.1 Å². The summed E-state index contributed by atoms with van der Waals surface area (Å²) in [6.45, 7) is 10.0. The molecule has 2 fully saturated rings. The van der Waals surface area contributed by atoms with E-state index in [2.05, 4.69) is 16.9 Å². The molecular formula is C33H43N3O19. The van der Waals surface area contributed by atoms with Crippen LogP contribution in [0.5, 0.6) is 0 Å². The van der Waals surface area contributed by atoms with Crippen molar-refractivity contribution in [1.82, 2.24) is 15.0 Å². The first kappa shape index (κ1) is 43.9. The zero-order chi connectivity index (χ0) is 41.2. The van der Waals surface area contributed by atoms with Gasteiger partial charge in [0, 0.05) is 54.0 Å². The Labute approximate surface area is 313 Å². The van der Waals surface area contributed by atoms with Crippen LogP contribution in [0.3, 0.4) is 0 Å². The average Bonchev–Trinajstić information content (AvgIpc) is 3.61. The summed E-state index contributed by atoms with van der Waals surface area (Å²) in [5.41, 5.74) is 0.335. The Morgan fingerprint density at radius 2 is 1.24 bits per heavy atom. The summed E-state index contributed by atoms with van der Waals surface area (Å²) < 4.78 is 63.0. The van der Waals surface area contributed by atoms with E-state index >= 15 is 0 Å². The second kappa shape index (κ2) is 19.2. The molecule has 0 amide bonds. The van der Waals surface area contributed by atoms with Crippen LogP contribution in [0.15, 0.2) is 18.3 Å². The molecule has 3 rings (SSSR count). The number of rotatable bonds is 16. The van der Waals surface area contributed by atoms with Gasteiger partial charge in [-0.1, -0.05) is 11.8 Å². The van der Waals surface area contributed by atoms with Crippen LogP contribution < -0.4 is 0 Å². The van der Waals surface area contributed by atoms with Crippen molar-refractivity contribution >= 4 is 47.8 Å². The molecule has 0 aliphatic carbocycles. The molecule has 304 valence electrons. The Morgan fingerprint density at radius 3 is 1.78 bits per heavy atom. The number of aromatic nitrogens is 3. The zero-order valence-corrected chi connectivity index (χ0v) is 31.3. The molecule has 3 heterocycles. The maximum Gasteiger partial charge on any atom is 0.333 e. The number of esters is 8. The monoisotopic (exact) mass is 785 g/mol. The van der Waals surface area contributed by atoms with Crippen molar-refractivity contribution in [3.63, 3.8) is 0 Å². The lowest BCUT2D eigenvalue weighted by Gasteiger charge is -2.46. The third-order valence-corrected chi connectivity index (χ3v) is 7.44. The molecule has 0 unspecified atom stereocenters. The molecule has 2 aliphatic rings. The van der Waals surface area contributed by atoms with Crippen molar-refractivity contribution in [2.24, 2.45) is 0 Å². The van der Waals surface area contributed by atoms with Crippen molar-refractivity contribution in [2.45, 2.75) is 123 Å². The van der Waals surface area contributed by atoms with E-state index in [0.717, 1.165) is 48.5 Å². The first-order valence-electron chi connectivity index (χ1n) is 16.6. The maximum atomic E-state index is 12.6. The van der Waals surface area contributed by atoms with Gasteiger partial charge < -0.3 is 52.1 Å². The van der Waals surface area contributed by atoms with Gasteiger partial charge in [-0.05, 0) is 6.92 Å². The van der Waals surface area contributed by atoms with Crippen LogP contribution >= 0.6 is 0 Å². The van der Waals surface area contributed by atoms with Gasteiger partial charge in [0.1, 0.15) is 37.7 Å². The van der Waals surface area contributed by atoms with Crippen LogP contribution in [0.2, 0.25) is 0 Å². The fraction of sp³-hybridized carbons (Fsp3) is 0.636. The van der Waals surface area contributed by atoms with Crippen molar-refractivity contribution in [3.8, 4) is 0 Å². The smallest absolute Gasteiger partial charge is 0.333 e. The van der Waals surface area contributed by atoms with Crippen LogP contribution in [0.1, 0.15) is 61.1 Å². The molecule has 0 bridgehead atoms. The molecule has 0 aromatic carbocycles. The highest BCUT2D eigenvalue weighted by Gasteiger charge is 2.64. The van der Waals surface area contributed by atoms with Crippen molar-refractivity contribution < 1.29 is 90.5 Å². The molecule has 22 heteroatoms. The standard InChI is InChI=1S/C33H43N3O19/c1-15(2)31(44)46-12-23-10-36(35-34-23)11-24-27(49-19(6)40)30(52-22(9)43)33(54-24,14-47-17(4)38)55-32-29(51-21(8)42)28(50-20(7)41)26(48-18(5)39)25(53-32)13-45-16(3)37/h10,24-30,32H,1,11-14H2,2-9H3/t24-,25-,26-,27-,28+,29-,30+,32-,33+/m1/s1. The highest BCUT2D eigenvalue weighted by molar-refractivity contribution is 5.86. The summed E-state index contributed by atoms with van der Waals surface area (Å²) in [4.78, 5) is 98.1. The average molecular weight is 786 g/mol. The van der Waals surface area contributed by atoms with E-state index in [1.165, 1.54) is 17.8 Å². The van der Waals surface area contributed by atoms with Crippen LogP contribution in [0.25, 0.3) is 0 Å². The number of ether oxygens (including phenoxy) is 11. The van der Waals surface area contributed by atoms with E-state index in [1.54, 1.807) is 0 Å². The second-order valence-electron chi connectivity index (χ2n) is 12.3. The maximum absolute atomic E-state index is 12.6. The van der Waals surface area contributed by atoms with Gasteiger partial charge in [0.15, 0.2) is 30.5 Å². The van der Waals surface area contributed by atoms with E-state index in [1.807, 2.05) is 0 Å². The molecule has 0 saturated carbocycles. The van der Waals surface area contributed by atoms with Crippen LogP contribution in [0.4, 0.5) is 0 Å². The number of nitrogens with zero attached hydrogens (tertiary/aromatic N) is 3. The highest BCUT2D eigenvalue weighted by atomic mass is 16.8. The normalized spacial score (nSPS) is 27.1. The molecular weight excluding hydrogens is 742 g/mol. The first-order chi connectivity index (χ1) is 25.7. The Hall–Kier alpha value is -5.48. The van der Waals surface area contributed by atoms with E-state index < -0.39 is 116 Å². The number of hydrogen-bond donors (Lipinski definition) is 0. The Kier molecular flexibility index (Phi) is 15.3. The summed E-state index contributed by atoms with van der Waals surface area (Å²) >= 11 is 0. The minimum absolute atomic E-state index is 0.147. The molecule has 0 N–H and O–H groups in total. The molecule has 2 saturated heterocycles. The minimum atomic E-state index is -2.49. The predicted molar refractivity (Wildman–Crippen MR) is 173 cm³/mol. The lowest BCUT2D eigenvalue weighted by atomic mass is 9.97. The second-order valence-corrected chi connectivity index (χ2v) is 12.3. The molecule has 1 aromatic rings. The van der Waals surface area contributed by atoms with Crippen molar-refractivity contribution in [2.75, 3.05) is 13.2 Å². The van der Waals surface area contributed by atoms with Crippen molar-refractivity contribution in [1.29, 1.82) is 0 Å². The molecule has 9 atom stereocenters. The van der Waals surface area contributed by atoms with Gasteiger partial charge >= 0.3 is 47.8 Å². The summed E-state index contributed by atoms with van der Waals surface area (Å²) in [5.74, 6) is -9.47. The van der Waals surface area contributed by atoms with E-state index in [9.17, 15) is 38.4 Å². The molecule has 55 heavy (non-hydrogen) atoms. The van der Waals surface area contributed by atoms with E-state index in [0.29, 0.717) is 0 Å². The Bertz CT molecular complexity index is 1640. The van der Waals surface area contributed by atoms with Gasteiger partial charge in [0.25, 0.3) is 0 Å². The molecule has 0 radical (unpaired) electrons. The van der Waals surface area contributed by atoms with Crippen molar-refractivity contribution in [3.05, 3.63) is 24.0 Å². The number of carbonyl (C=O) groups is 8. The third kappa shape index (κ3) is 12.5. The zero-order valence-electron chi connectivity index (χ0n) is 31.3. The summed E-state index contributed by atoms with van der Waals surface area (Å²) in [6, 6.07) is 0.